The van der Waals surface area contributed by atoms with Gasteiger partial charge in [-0.15, -0.1) is 0 Å². The maximum absolute atomic E-state index is 10.9. The second-order valence-electron chi connectivity index (χ2n) is 4.52. The highest BCUT2D eigenvalue weighted by Gasteiger charge is 2.25. The number of aliphatic hydroxyl groups excluding tert-OH is 1. The summed E-state index contributed by atoms with van der Waals surface area (Å²) >= 11 is 0. The molecule has 1 fully saturated rings. The third-order valence-electron chi connectivity index (χ3n) is 3.14. The molecule has 1 aliphatic rings. The number of morpholine rings is 1. The molecule has 20 heavy (non-hydrogen) atoms. The number of hydrogen-bond donors (Lipinski definition) is 2. The summed E-state index contributed by atoms with van der Waals surface area (Å²) < 4.78 is 5.62. The average molecular weight is 282 g/mol. The van der Waals surface area contributed by atoms with Crippen LogP contribution in [0.4, 0.5) is 5.95 Å². The summed E-state index contributed by atoms with van der Waals surface area (Å²) in [5, 5.41) is 17.9. The van der Waals surface area contributed by atoms with Crippen molar-refractivity contribution in [3.63, 3.8) is 0 Å². The van der Waals surface area contributed by atoms with Crippen LogP contribution in [-0.2, 0) is 4.74 Å². The number of anilines is 1. The van der Waals surface area contributed by atoms with Crippen LogP contribution in [0.15, 0.2) is 12.3 Å². The standard InChI is InChI=1S/C12H18N4O4/c1-15(4-6-17)10-8-16(5-7-20-10)12-13-3-2-9(14-12)11(18)19/h2-3,10,17H,4-8H2,1H3,(H,18,19). The Morgan fingerprint density at radius 1 is 1.65 bits per heavy atom. The van der Waals surface area contributed by atoms with Crippen LogP contribution < -0.4 is 4.90 Å². The molecule has 0 radical (unpaired) electrons. The van der Waals surface area contributed by atoms with E-state index in [1.54, 1.807) is 0 Å². The molecule has 0 aliphatic carbocycles. The van der Waals surface area contributed by atoms with Crippen molar-refractivity contribution in [2.24, 2.45) is 0 Å². The van der Waals surface area contributed by atoms with E-state index < -0.39 is 5.97 Å². The number of likely N-dealkylation sites (N-methyl/N-ethyl adjacent to an activating group) is 1. The van der Waals surface area contributed by atoms with Crippen molar-refractivity contribution < 1.29 is 19.7 Å². The number of ether oxygens (including phenoxy) is 1. The second-order valence-corrected chi connectivity index (χ2v) is 4.52. The Bertz CT molecular complexity index is 471. The maximum atomic E-state index is 10.9. The van der Waals surface area contributed by atoms with E-state index in [0.29, 0.717) is 32.2 Å². The molecule has 1 aliphatic heterocycles. The molecule has 8 heteroatoms. The Labute approximate surface area is 116 Å². The van der Waals surface area contributed by atoms with Gasteiger partial charge in [-0.05, 0) is 13.1 Å². The van der Waals surface area contributed by atoms with Crippen molar-refractivity contribution >= 4 is 11.9 Å². The van der Waals surface area contributed by atoms with E-state index in [1.165, 1.54) is 12.3 Å². The van der Waals surface area contributed by atoms with Crippen LogP contribution >= 0.6 is 0 Å². The molecule has 2 heterocycles. The van der Waals surface area contributed by atoms with Gasteiger partial charge in [0.05, 0.1) is 19.8 Å². The molecule has 2 N–H and O–H groups in total. The van der Waals surface area contributed by atoms with E-state index in [4.69, 9.17) is 14.9 Å². The summed E-state index contributed by atoms with van der Waals surface area (Å²) in [6.45, 7) is 2.20. The van der Waals surface area contributed by atoms with E-state index in [1.807, 2.05) is 16.8 Å². The van der Waals surface area contributed by atoms with Crippen LogP contribution in [0.3, 0.4) is 0 Å². The molecule has 110 valence electrons. The first-order valence-electron chi connectivity index (χ1n) is 6.36. The minimum Gasteiger partial charge on any atom is -0.477 e. The fraction of sp³-hybridized carbons (Fsp3) is 0.583. The summed E-state index contributed by atoms with van der Waals surface area (Å²) in [6.07, 6.45) is 1.27. The summed E-state index contributed by atoms with van der Waals surface area (Å²) in [7, 11) is 1.86. The van der Waals surface area contributed by atoms with Crippen molar-refractivity contribution in [2.75, 3.05) is 44.8 Å². The third kappa shape index (κ3) is 3.41. The number of aromatic carboxylic acids is 1. The molecule has 2 rings (SSSR count). The molecular weight excluding hydrogens is 264 g/mol. The molecule has 8 nitrogen and oxygen atoms in total. The van der Waals surface area contributed by atoms with E-state index >= 15 is 0 Å². The number of carboxylic acids is 1. The van der Waals surface area contributed by atoms with Crippen LogP contribution in [-0.4, -0.2) is 77.2 Å². The summed E-state index contributed by atoms with van der Waals surface area (Å²) in [6, 6.07) is 1.36. The number of aromatic nitrogens is 2. The number of rotatable bonds is 5. The minimum atomic E-state index is -1.07. The van der Waals surface area contributed by atoms with Gasteiger partial charge in [0.15, 0.2) is 5.69 Å². The normalized spacial score (nSPS) is 19.4. The fourth-order valence-corrected chi connectivity index (χ4v) is 2.00. The Kier molecular flexibility index (Phi) is 4.83. The van der Waals surface area contributed by atoms with Crippen LogP contribution in [0, 0.1) is 0 Å². The Balaban J connectivity index is 2.08. The van der Waals surface area contributed by atoms with Gasteiger partial charge < -0.3 is 19.8 Å². The zero-order valence-electron chi connectivity index (χ0n) is 11.3. The van der Waals surface area contributed by atoms with E-state index in [-0.39, 0.29) is 18.5 Å². The monoisotopic (exact) mass is 282 g/mol. The molecule has 0 amide bonds. The van der Waals surface area contributed by atoms with Crippen LogP contribution in [0.5, 0.6) is 0 Å². The van der Waals surface area contributed by atoms with Crippen LogP contribution in [0.1, 0.15) is 10.5 Å². The Morgan fingerprint density at radius 3 is 3.15 bits per heavy atom. The van der Waals surface area contributed by atoms with Gasteiger partial charge in [0.2, 0.25) is 5.95 Å². The number of nitrogens with zero attached hydrogens (tertiary/aromatic N) is 4. The predicted molar refractivity (Wildman–Crippen MR) is 70.7 cm³/mol. The molecule has 0 bridgehead atoms. The fourth-order valence-electron chi connectivity index (χ4n) is 2.00. The summed E-state index contributed by atoms with van der Waals surface area (Å²) in [5.74, 6) is -0.688. The highest BCUT2D eigenvalue weighted by molar-refractivity contribution is 5.85. The minimum absolute atomic E-state index is 0.0262. The first-order valence-corrected chi connectivity index (χ1v) is 6.36. The first kappa shape index (κ1) is 14.6. The number of aliphatic hydroxyl groups is 1. The quantitative estimate of drug-likeness (QED) is 0.728. The second kappa shape index (κ2) is 6.60. The lowest BCUT2D eigenvalue weighted by Gasteiger charge is -2.37. The smallest absolute Gasteiger partial charge is 0.354 e. The van der Waals surface area contributed by atoms with Gasteiger partial charge in [0, 0.05) is 19.3 Å². The SMILES string of the molecule is CN(CCO)C1CN(c2nccc(C(=O)O)n2)CCO1. The average Bonchev–Trinajstić information content (AvgIpc) is 2.48. The number of carbonyl (C=O) groups is 1. The summed E-state index contributed by atoms with van der Waals surface area (Å²) in [4.78, 5) is 22.8. The number of carboxylic acid groups (broad SMARTS) is 1. The van der Waals surface area contributed by atoms with Gasteiger partial charge in [-0.3, -0.25) is 4.90 Å². The summed E-state index contributed by atoms with van der Waals surface area (Å²) in [5.41, 5.74) is -0.0262. The molecule has 1 saturated heterocycles. The van der Waals surface area contributed by atoms with Gasteiger partial charge in [-0.2, -0.15) is 0 Å². The Hall–Kier alpha value is -1.77. The molecular formula is C12H18N4O4. The van der Waals surface area contributed by atoms with Gasteiger partial charge >= 0.3 is 5.97 Å². The number of hydrogen-bond acceptors (Lipinski definition) is 7. The van der Waals surface area contributed by atoms with Gasteiger partial charge in [0.25, 0.3) is 0 Å². The van der Waals surface area contributed by atoms with Crippen LogP contribution in [0.25, 0.3) is 0 Å². The molecule has 1 aromatic heterocycles. The topological polar surface area (TPSA) is 99.0 Å². The molecule has 1 aromatic rings. The first-order chi connectivity index (χ1) is 9.61. The van der Waals surface area contributed by atoms with Crippen LogP contribution in [0.2, 0.25) is 0 Å². The van der Waals surface area contributed by atoms with Crippen molar-refractivity contribution in [3.8, 4) is 0 Å². The highest BCUT2D eigenvalue weighted by atomic mass is 16.5. The Morgan fingerprint density at radius 2 is 2.45 bits per heavy atom. The van der Waals surface area contributed by atoms with Crippen molar-refractivity contribution in [3.05, 3.63) is 18.0 Å². The van der Waals surface area contributed by atoms with Gasteiger partial charge in [-0.1, -0.05) is 0 Å². The molecule has 0 aromatic carbocycles. The lowest BCUT2D eigenvalue weighted by atomic mass is 10.3. The lowest BCUT2D eigenvalue weighted by Crippen LogP contribution is -2.51. The highest BCUT2D eigenvalue weighted by Crippen LogP contribution is 2.14. The lowest BCUT2D eigenvalue weighted by molar-refractivity contribution is -0.0597. The van der Waals surface area contributed by atoms with Gasteiger partial charge in [-0.25, -0.2) is 14.8 Å². The van der Waals surface area contributed by atoms with Crippen molar-refractivity contribution in [2.45, 2.75) is 6.23 Å². The van der Waals surface area contributed by atoms with Crippen molar-refractivity contribution in [1.29, 1.82) is 0 Å². The third-order valence-corrected chi connectivity index (χ3v) is 3.14. The van der Waals surface area contributed by atoms with E-state index in [0.717, 1.165) is 0 Å². The van der Waals surface area contributed by atoms with E-state index in [9.17, 15) is 4.79 Å². The van der Waals surface area contributed by atoms with Crippen molar-refractivity contribution in [1.82, 2.24) is 14.9 Å². The molecule has 1 atom stereocenters. The molecule has 1 unspecified atom stereocenters. The largest absolute Gasteiger partial charge is 0.477 e. The van der Waals surface area contributed by atoms with Gasteiger partial charge in [0.1, 0.15) is 6.23 Å². The zero-order valence-corrected chi connectivity index (χ0v) is 11.3. The molecule has 0 saturated carbocycles. The van der Waals surface area contributed by atoms with E-state index in [2.05, 4.69) is 9.97 Å². The molecule has 0 spiro atoms. The maximum Gasteiger partial charge on any atom is 0.354 e. The zero-order chi connectivity index (χ0) is 14.5. The predicted octanol–water partition coefficient (Wildman–Crippen LogP) is -0.738.